The van der Waals surface area contributed by atoms with Crippen molar-refractivity contribution in [3.05, 3.63) is 0 Å². The van der Waals surface area contributed by atoms with E-state index in [-0.39, 0.29) is 6.10 Å². The SMILES string of the molecule is CC(C)CCN(CC1CC(C(C)(C)C)CCC1O)C1CC1. The maximum Gasteiger partial charge on any atom is 0.0580 e. The van der Waals surface area contributed by atoms with E-state index >= 15 is 0 Å². The van der Waals surface area contributed by atoms with E-state index in [0.29, 0.717) is 11.3 Å². The summed E-state index contributed by atoms with van der Waals surface area (Å²) in [5.41, 5.74) is 0.390. The third-order valence-corrected chi connectivity index (χ3v) is 5.69. The number of hydrogen-bond acceptors (Lipinski definition) is 2. The first-order valence-electron chi connectivity index (χ1n) is 9.19. The molecule has 0 bridgehead atoms. The van der Waals surface area contributed by atoms with Crippen LogP contribution in [0.3, 0.4) is 0 Å². The van der Waals surface area contributed by atoms with Crippen LogP contribution in [0.5, 0.6) is 0 Å². The molecule has 0 amide bonds. The molecule has 2 rings (SSSR count). The smallest absolute Gasteiger partial charge is 0.0580 e. The van der Waals surface area contributed by atoms with Gasteiger partial charge in [-0.3, -0.25) is 0 Å². The van der Waals surface area contributed by atoms with E-state index in [1.54, 1.807) is 0 Å². The summed E-state index contributed by atoms with van der Waals surface area (Å²) in [7, 11) is 0. The van der Waals surface area contributed by atoms with Crippen LogP contribution >= 0.6 is 0 Å². The monoisotopic (exact) mass is 295 g/mol. The Morgan fingerprint density at radius 2 is 1.76 bits per heavy atom. The quantitative estimate of drug-likeness (QED) is 0.789. The van der Waals surface area contributed by atoms with Crippen molar-refractivity contribution in [2.24, 2.45) is 23.2 Å². The van der Waals surface area contributed by atoms with Crippen LogP contribution < -0.4 is 0 Å². The molecule has 2 aliphatic rings. The van der Waals surface area contributed by atoms with E-state index in [2.05, 4.69) is 39.5 Å². The second-order valence-corrected chi connectivity index (χ2v) is 9.11. The normalized spacial score (nSPS) is 31.1. The van der Waals surface area contributed by atoms with Crippen molar-refractivity contribution in [3.8, 4) is 0 Å². The van der Waals surface area contributed by atoms with Gasteiger partial charge in [0.2, 0.25) is 0 Å². The molecule has 2 nitrogen and oxygen atoms in total. The molecule has 3 unspecified atom stereocenters. The fourth-order valence-electron chi connectivity index (χ4n) is 3.82. The average molecular weight is 296 g/mol. The van der Waals surface area contributed by atoms with Crippen molar-refractivity contribution < 1.29 is 5.11 Å². The van der Waals surface area contributed by atoms with Gasteiger partial charge in [0.1, 0.15) is 0 Å². The molecule has 124 valence electrons. The van der Waals surface area contributed by atoms with Crippen LogP contribution in [0.4, 0.5) is 0 Å². The molecule has 0 heterocycles. The van der Waals surface area contributed by atoms with Crippen LogP contribution in [0, 0.1) is 23.2 Å². The Morgan fingerprint density at radius 1 is 1.10 bits per heavy atom. The van der Waals surface area contributed by atoms with Crippen molar-refractivity contribution in [1.82, 2.24) is 4.90 Å². The standard InChI is InChI=1S/C19H37NO/c1-14(2)10-11-20(17-7-8-17)13-15-12-16(19(3,4)5)6-9-18(15)21/h14-18,21H,6-13H2,1-5H3. The first-order valence-corrected chi connectivity index (χ1v) is 9.19. The zero-order chi connectivity index (χ0) is 15.6. The molecule has 0 radical (unpaired) electrons. The van der Waals surface area contributed by atoms with Gasteiger partial charge in [0.25, 0.3) is 0 Å². The number of aliphatic hydroxyl groups excluding tert-OH is 1. The number of aliphatic hydroxyl groups is 1. The Morgan fingerprint density at radius 3 is 2.29 bits per heavy atom. The van der Waals surface area contributed by atoms with Gasteiger partial charge in [-0.25, -0.2) is 0 Å². The summed E-state index contributed by atoms with van der Waals surface area (Å²) in [6.07, 6.45) is 7.42. The third kappa shape index (κ3) is 5.25. The molecule has 0 spiro atoms. The largest absolute Gasteiger partial charge is 0.393 e. The highest BCUT2D eigenvalue weighted by Gasteiger charge is 2.38. The molecular formula is C19H37NO. The van der Waals surface area contributed by atoms with Crippen LogP contribution in [0.2, 0.25) is 0 Å². The fraction of sp³-hybridized carbons (Fsp3) is 1.00. The highest BCUT2D eigenvalue weighted by atomic mass is 16.3. The van der Waals surface area contributed by atoms with E-state index in [1.165, 1.54) is 38.6 Å². The molecule has 21 heavy (non-hydrogen) atoms. The van der Waals surface area contributed by atoms with Gasteiger partial charge in [-0.1, -0.05) is 34.6 Å². The maximum absolute atomic E-state index is 10.5. The van der Waals surface area contributed by atoms with Gasteiger partial charge < -0.3 is 10.0 Å². The van der Waals surface area contributed by atoms with Crippen molar-refractivity contribution in [3.63, 3.8) is 0 Å². The first kappa shape index (κ1) is 17.3. The van der Waals surface area contributed by atoms with Crippen LogP contribution in [0.1, 0.15) is 73.1 Å². The Balaban J connectivity index is 1.91. The summed E-state index contributed by atoms with van der Waals surface area (Å²) in [5, 5.41) is 10.5. The molecule has 1 N–H and O–H groups in total. The van der Waals surface area contributed by atoms with Gasteiger partial charge >= 0.3 is 0 Å². The van der Waals surface area contributed by atoms with E-state index in [0.717, 1.165) is 30.8 Å². The van der Waals surface area contributed by atoms with Crippen molar-refractivity contribution >= 4 is 0 Å². The minimum atomic E-state index is -0.0658. The van der Waals surface area contributed by atoms with Gasteiger partial charge in [-0.15, -0.1) is 0 Å². The van der Waals surface area contributed by atoms with E-state index in [1.807, 2.05) is 0 Å². The predicted molar refractivity (Wildman–Crippen MR) is 90.3 cm³/mol. The maximum atomic E-state index is 10.5. The van der Waals surface area contributed by atoms with Gasteiger partial charge in [-0.05, 0) is 68.2 Å². The lowest BCUT2D eigenvalue weighted by atomic mass is 9.68. The topological polar surface area (TPSA) is 23.5 Å². The lowest BCUT2D eigenvalue weighted by Crippen LogP contribution is -2.42. The van der Waals surface area contributed by atoms with Crippen LogP contribution in [0.25, 0.3) is 0 Å². The van der Waals surface area contributed by atoms with Gasteiger partial charge in [0, 0.05) is 12.6 Å². The summed E-state index contributed by atoms with van der Waals surface area (Å²) in [5.74, 6) is 2.05. The van der Waals surface area contributed by atoms with Crippen molar-refractivity contribution in [1.29, 1.82) is 0 Å². The Labute approximate surface area is 132 Å². The second-order valence-electron chi connectivity index (χ2n) is 9.11. The van der Waals surface area contributed by atoms with E-state index in [4.69, 9.17) is 0 Å². The summed E-state index contributed by atoms with van der Waals surface area (Å²) >= 11 is 0. The van der Waals surface area contributed by atoms with E-state index in [9.17, 15) is 5.11 Å². The average Bonchev–Trinajstić information content (AvgIpc) is 3.19. The second kappa shape index (κ2) is 7.00. The number of nitrogens with zero attached hydrogens (tertiary/aromatic N) is 1. The summed E-state index contributed by atoms with van der Waals surface area (Å²) in [4.78, 5) is 2.69. The number of rotatable bonds is 6. The van der Waals surface area contributed by atoms with Crippen LogP contribution in [-0.2, 0) is 0 Å². The summed E-state index contributed by atoms with van der Waals surface area (Å²) < 4.78 is 0. The van der Waals surface area contributed by atoms with Crippen molar-refractivity contribution in [2.45, 2.75) is 85.3 Å². The zero-order valence-electron chi connectivity index (χ0n) is 14.9. The zero-order valence-corrected chi connectivity index (χ0v) is 14.9. The van der Waals surface area contributed by atoms with Crippen LogP contribution in [0.15, 0.2) is 0 Å². The molecule has 0 aliphatic heterocycles. The van der Waals surface area contributed by atoms with E-state index < -0.39 is 0 Å². The number of hydrogen-bond donors (Lipinski definition) is 1. The lowest BCUT2D eigenvalue weighted by Gasteiger charge is -2.42. The minimum absolute atomic E-state index is 0.0658. The molecule has 2 heteroatoms. The third-order valence-electron chi connectivity index (χ3n) is 5.69. The lowest BCUT2D eigenvalue weighted by molar-refractivity contribution is 0.00151. The molecular weight excluding hydrogens is 258 g/mol. The summed E-state index contributed by atoms with van der Waals surface area (Å²) in [6, 6.07) is 0.825. The van der Waals surface area contributed by atoms with Gasteiger partial charge in [-0.2, -0.15) is 0 Å². The molecule has 2 fully saturated rings. The minimum Gasteiger partial charge on any atom is -0.393 e. The Hall–Kier alpha value is -0.0800. The van der Waals surface area contributed by atoms with Crippen LogP contribution in [-0.4, -0.2) is 35.2 Å². The summed E-state index contributed by atoms with van der Waals surface area (Å²) in [6.45, 7) is 14.1. The molecule has 0 aromatic rings. The molecule has 0 aromatic heterocycles. The van der Waals surface area contributed by atoms with Crippen molar-refractivity contribution in [2.75, 3.05) is 13.1 Å². The van der Waals surface area contributed by atoms with Gasteiger partial charge in [0.15, 0.2) is 0 Å². The Kier molecular flexibility index (Phi) is 5.76. The fourth-order valence-corrected chi connectivity index (χ4v) is 3.82. The highest BCUT2D eigenvalue weighted by molar-refractivity contribution is 4.91. The van der Waals surface area contributed by atoms with Gasteiger partial charge in [0.05, 0.1) is 6.10 Å². The first-order chi connectivity index (χ1) is 9.77. The molecule has 3 atom stereocenters. The Bertz CT molecular complexity index is 316. The highest BCUT2D eigenvalue weighted by Crippen LogP contribution is 2.41. The molecule has 2 aliphatic carbocycles. The molecule has 0 saturated heterocycles. The predicted octanol–water partition coefficient (Wildman–Crippen LogP) is 4.32. The molecule has 0 aromatic carbocycles. The molecule has 2 saturated carbocycles.